The number of hydrogen-bond acceptors (Lipinski definition) is 4. The van der Waals surface area contributed by atoms with E-state index in [1.165, 1.54) is 0 Å². The normalized spacial score (nSPS) is 12.8. The van der Waals surface area contributed by atoms with E-state index in [2.05, 4.69) is 10.6 Å². The van der Waals surface area contributed by atoms with Crippen LogP contribution in [0.5, 0.6) is 11.5 Å². The molecule has 29 heavy (non-hydrogen) atoms. The van der Waals surface area contributed by atoms with Crippen LogP contribution in [-0.2, 0) is 11.2 Å². The van der Waals surface area contributed by atoms with Gasteiger partial charge in [-0.1, -0.05) is 48.5 Å². The Kier molecular flexibility index (Phi) is 5.42. The fraction of sp³-hybridized carbons (Fsp3) is 0.130. The molecule has 6 heteroatoms. The molecule has 0 fully saturated rings. The molecule has 1 aliphatic heterocycles. The van der Waals surface area contributed by atoms with Gasteiger partial charge in [0.1, 0.15) is 6.04 Å². The lowest BCUT2D eigenvalue weighted by Crippen LogP contribution is -2.45. The van der Waals surface area contributed by atoms with E-state index in [-0.39, 0.29) is 18.6 Å². The van der Waals surface area contributed by atoms with Gasteiger partial charge in [0.15, 0.2) is 11.5 Å². The van der Waals surface area contributed by atoms with Gasteiger partial charge in [0.25, 0.3) is 5.91 Å². The standard InChI is InChI=1S/C23H20N2O4/c26-22(17-9-5-2-6-10-17)25-19(13-16-7-3-1-4-8-16)23(27)24-18-11-12-20-21(14-18)29-15-28-20/h1-12,14,19H,13,15H2,(H,24,27)(H,25,26)/t19-/m1/s1. The van der Waals surface area contributed by atoms with Crippen LogP contribution >= 0.6 is 0 Å². The van der Waals surface area contributed by atoms with Gasteiger partial charge in [-0.3, -0.25) is 9.59 Å². The maximum Gasteiger partial charge on any atom is 0.251 e. The van der Waals surface area contributed by atoms with Gasteiger partial charge in [0, 0.05) is 23.7 Å². The average molecular weight is 388 g/mol. The Morgan fingerprint density at radius 2 is 1.55 bits per heavy atom. The number of rotatable bonds is 6. The first kappa shape index (κ1) is 18.6. The fourth-order valence-electron chi connectivity index (χ4n) is 3.09. The topological polar surface area (TPSA) is 76.7 Å². The summed E-state index contributed by atoms with van der Waals surface area (Å²) in [6, 6.07) is 22.9. The predicted octanol–water partition coefficient (Wildman–Crippen LogP) is 3.40. The number of fused-ring (bicyclic) bond motifs is 1. The van der Waals surface area contributed by atoms with Crippen LogP contribution in [0, 0.1) is 0 Å². The minimum absolute atomic E-state index is 0.163. The van der Waals surface area contributed by atoms with Gasteiger partial charge in [0.2, 0.25) is 12.7 Å². The Balaban J connectivity index is 1.52. The monoisotopic (exact) mass is 388 g/mol. The number of amides is 2. The third-order valence-corrected chi connectivity index (χ3v) is 4.58. The van der Waals surface area contributed by atoms with Gasteiger partial charge in [-0.05, 0) is 29.8 Å². The summed E-state index contributed by atoms with van der Waals surface area (Å²) in [6.45, 7) is 0.163. The number of anilines is 1. The van der Waals surface area contributed by atoms with Crippen molar-refractivity contribution in [3.8, 4) is 11.5 Å². The molecule has 3 aromatic rings. The minimum Gasteiger partial charge on any atom is -0.454 e. The summed E-state index contributed by atoms with van der Waals surface area (Å²) in [6.07, 6.45) is 0.371. The lowest BCUT2D eigenvalue weighted by molar-refractivity contribution is -0.118. The van der Waals surface area contributed by atoms with Gasteiger partial charge in [-0.15, -0.1) is 0 Å². The molecule has 3 aromatic carbocycles. The summed E-state index contributed by atoms with van der Waals surface area (Å²) >= 11 is 0. The highest BCUT2D eigenvalue weighted by atomic mass is 16.7. The molecule has 6 nitrogen and oxygen atoms in total. The molecule has 146 valence electrons. The molecular formula is C23H20N2O4. The highest BCUT2D eigenvalue weighted by Crippen LogP contribution is 2.34. The molecule has 0 aromatic heterocycles. The zero-order chi connectivity index (χ0) is 20.1. The van der Waals surface area contributed by atoms with Crippen LogP contribution < -0.4 is 20.1 Å². The molecule has 1 atom stereocenters. The number of ether oxygens (including phenoxy) is 2. The number of carbonyl (C=O) groups is 2. The van der Waals surface area contributed by atoms with Gasteiger partial charge in [-0.25, -0.2) is 0 Å². The van der Waals surface area contributed by atoms with Crippen molar-refractivity contribution in [2.24, 2.45) is 0 Å². The van der Waals surface area contributed by atoms with Gasteiger partial charge in [-0.2, -0.15) is 0 Å². The highest BCUT2D eigenvalue weighted by Gasteiger charge is 2.23. The predicted molar refractivity (Wildman–Crippen MR) is 109 cm³/mol. The van der Waals surface area contributed by atoms with Crippen LogP contribution in [-0.4, -0.2) is 24.6 Å². The second-order valence-corrected chi connectivity index (χ2v) is 6.64. The number of nitrogens with one attached hydrogen (secondary N) is 2. The van der Waals surface area contributed by atoms with Crippen LogP contribution in [0.3, 0.4) is 0 Å². The van der Waals surface area contributed by atoms with E-state index < -0.39 is 6.04 Å². The van der Waals surface area contributed by atoms with Crippen molar-refractivity contribution >= 4 is 17.5 Å². The summed E-state index contributed by atoms with van der Waals surface area (Å²) in [5.74, 6) is 0.612. The Morgan fingerprint density at radius 3 is 2.31 bits per heavy atom. The van der Waals surface area contributed by atoms with E-state index >= 15 is 0 Å². The molecule has 0 saturated heterocycles. The van der Waals surface area contributed by atoms with Gasteiger partial charge < -0.3 is 20.1 Å². The van der Waals surface area contributed by atoms with Crippen LogP contribution in [0.25, 0.3) is 0 Å². The van der Waals surface area contributed by atoms with Gasteiger partial charge >= 0.3 is 0 Å². The van der Waals surface area contributed by atoms with Crippen molar-refractivity contribution in [3.63, 3.8) is 0 Å². The van der Waals surface area contributed by atoms with Crippen molar-refractivity contribution in [2.45, 2.75) is 12.5 Å². The van der Waals surface area contributed by atoms with Crippen molar-refractivity contribution < 1.29 is 19.1 Å². The second-order valence-electron chi connectivity index (χ2n) is 6.64. The Morgan fingerprint density at radius 1 is 0.862 bits per heavy atom. The first-order chi connectivity index (χ1) is 14.2. The lowest BCUT2D eigenvalue weighted by atomic mass is 10.0. The van der Waals surface area contributed by atoms with Crippen molar-refractivity contribution in [1.82, 2.24) is 5.32 Å². The van der Waals surface area contributed by atoms with Crippen molar-refractivity contribution in [3.05, 3.63) is 90.0 Å². The highest BCUT2D eigenvalue weighted by molar-refractivity contribution is 6.01. The SMILES string of the molecule is O=C(N[C@H](Cc1ccccc1)C(=O)Nc1ccc2c(c1)OCO2)c1ccccc1. The van der Waals surface area contributed by atoms with E-state index in [1.54, 1.807) is 42.5 Å². The molecule has 1 aliphatic rings. The Labute approximate surface area is 168 Å². The third kappa shape index (κ3) is 4.55. The van der Waals surface area contributed by atoms with E-state index in [9.17, 15) is 9.59 Å². The van der Waals surface area contributed by atoms with Crippen LogP contribution in [0.1, 0.15) is 15.9 Å². The molecule has 2 N–H and O–H groups in total. The average Bonchev–Trinajstić information content (AvgIpc) is 3.22. The number of carbonyl (C=O) groups excluding carboxylic acids is 2. The molecule has 0 bridgehead atoms. The molecular weight excluding hydrogens is 368 g/mol. The van der Waals surface area contributed by atoms with E-state index in [1.807, 2.05) is 36.4 Å². The molecule has 4 rings (SSSR count). The molecule has 0 unspecified atom stereocenters. The van der Waals surface area contributed by atoms with Crippen molar-refractivity contribution in [2.75, 3.05) is 12.1 Å². The zero-order valence-electron chi connectivity index (χ0n) is 15.6. The van der Waals surface area contributed by atoms with E-state index in [0.717, 1.165) is 5.56 Å². The second kappa shape index (κ2) is 8.48. The minimum atomic E-state index is -0.740. The first-order valence-corrected chi connectivity index (χ1v) is 9.29. The number of benzene rings is 3. The quantitative estimate of drug-likeness (QED) is 0.679. The first-order valence-electron chi connectivity index (χ1n) is 9.29. The third-order valence-electron chi connectivity index (χ3n) is 4.58. The van der Waals surface area contributed by atoms with E-state index in [4.69, 9.17) is 9.47 Å². The summed E-state index contributed by atoms with van der Waals surface area (Å²) in [4.78, 5) is 25.6. The smallest absolute Gasteiger partial charge is 0.251 e. The van der Waals surface area contributed by atoms with Crippen LogP contribution in [0.4, 0.5) is 5.69 Å². The largest absolute Gasteiger partial charge is 0.454 e. The summed E-state index contributed by atoms with van der Waals surface area (Å²) in [5, 5.41) is 5.71. The molecule has 1 heterocycles. The van der Waals surface area contributed by atoms with E-state index in [0.29, 0.717) is 29.2 Å². The molecule has 0 radical (unpaired) electrons. The maximum absolute atomic E-state index is 13.0. The zero-order valence-corrected chi connectivity index (χ0v) is 15.6. The van der Waals surface area contributed by atoms with Gasteiger partial charge in [0.05, 0.1) is 0 Å². The molecule has 0 saturated carbocycles. The lowest BCUT2D eigenvalue weighted by Gasteiger charge is -2.19. The summed E-state index contributed by atoms with van der Waals surface area (Å²) in [5.41, 5.74) is 2.03. The molecule has 0 aliphatic carbocycles. The van der Waals surface area contributed by atoms with Crippen molar-refractivity contribution in [1.29, 1.82) is 0 Å². The molecule has 2 amide bonds. The molecule has 0 spiro atoms. The van der Waals surface area contributed by atoms with Crippen LogP contribution in [0.2, 0.25) is 0 Å². The Hall–Kier alpha value is -3.80. The fourth-order valence-corrected chi connectivity index (χ4v) is 3.09. The number of hydrogen-bond donors (Lipinski definition) is 2. The summed E-state index contributed by atoms with van der Waals surface area (Å²) in [7, 11) is 0. The summed E-state index contributed by atoms with van der Waals surface area (Å²) < 4.78 is 10.7. The maximum atomic E-state index is 13.0. The Bertz CT molecular complexity index is 1010. The van der Waals surface area contributed by atoms with Crippen LogP contribution in [0.15, 0.2) is 78.9 Å².